The predicted octanol–water partition coefficient (Wildman–Crippen LogP) is 3.31. The second-order valence-corrected chi connectivity index (χ2v) is 5.27. The molecule has 2 aromatic rings. The summed E-state index contributed by atoms with van der Waals surface area (Å²) in [7, 11) is 0. The molecule has 0 aliphatic rings. The van der Waals surface area contributed by atoms with Crippen molar-refractivity contribution in [3.8, 4) is 0 Å². The normalized spacial score (nSPS) is 10.4. The first-order valence-corrected chi connectivity index (χ1v) is 7.54. The van der Waals surface area contributed by atoms with Gasteiger partial charge in [0.15, 0.2) is 6.61 Å². The Morgan fingerprint density at radius 3 is 2.28 bits per heavy atom. The Balaban J connectivity index is 1.96. The lowest BCUT2D eigenvalue weighted by atomic mass is 10.2. The number of halogens is 3. The number of ether oxygens (including phenoxy) is 1. The summed E-state index contributed by atoms with van der Waals surface area (Å²) in [5.74, 6) is -3.76. The monoisotopic (exact) mass is 351 g/mol. The summed E-state index contributed by atoms with van der Waals surface area (Å²) in [5, 5.41) is 0. The quantitative estimate of drug-likeness (QED) is 0.750. The molecular formula is C18H16F3NO3. The molecule has 132 valence electrons. The zero-order chi connectivity index (χ0) is 18.4. The zero-order valence-electron chi connectivity index (χ0n) is 13.5. The Kier molecular flexibility index (Phi) is 6.16. The first-order valence-electron chi connectivity index (χ1n) is 7.54. The third-order valence-electron chi connectivity index (χ3n) is 3.42. The molecule has 0 fully saturated rings. The van der Waals surface area contributed by atoms with Gasteiger partial charge in [-0.15, -0.1) is 0 Å². The number of hydrogen-bond acceptors (Lipinski definition) is 3. The van der Waals surface area contributed by atoms with Gasteiger partial charge in [-0.1, -0.05) is 12.1 Å². The number of esters is 1. The van der Waals surface area contributed by atoms with Crippen molar-refractivity contribution in [2.45, 2.75) is 13.5 Å². The van der Waals surface area contributed by atoms with Crippen molar-refractivity contribution in [2.75, 3.05) is 13.2 Å². The standard InChI is InChI=1S/C18H16F3NO3/c1-2-22(10-12-4-3-5-14(19)6-12)17(23)11-25-18(24)13-7-15(20)9-16(21)8-13/h3-9H,2,10-11H2,1H3. The highest BCUT2D eigenvalue weighted by atomic mass is 19.1. The smallest absolute Gasteiger partial charge is 0.338 e. The second-order valence-electron chi connectivity index (χ2n) is 5.27. The molecule has 2 rings (SSSR count). The zero-order valence-corrected chi connectivity index (χ0v) is 13.5. The third-order valence-corrected chi connectivity index (χ3v) is 3.42. The number of carbonyl (C=O) groups excluding carboxylic acids is 2. The van der Waals surface area contributed by atoms with Crippen LogP contribution in [0.4, 0.5) is 13.2 Å². The van der Waals surface area contributed by atoms with Gasteiger partial charge in [-0.3, -0.25) is 4.79 Å². The average Bonchev–Trinajstić information content (AvgIpc) is 2.56. The SMILES string of the molecule is CCN(Cc1cccc(F)c1)C(=O)COC(=O)c1cc(F)cc(F)c1. The molecule has 0 saturated carbocycles. The number of likely N-dealkylation sites (N-methyl/N-ethyl adjacent to an activating group) is 1. The summed E-state index contributed by atoms with van der Waals surface area (Å²) in [6.07, 6.45) is 0. The van der Waals surface area contributed by atoms with E-state index in [1.807, 2.05) is 0 Å². The van der Waals surface area contributed by atoms with Gasteiger partial charge in [0.2, 0.25) is 0 Å². The summed E-state index contributed by atoms with van der Waals surface area (Å²) >= 11 is 0. The van der Waals surface area contributed by atoms with Gasteiger partial charge in [0, 0.05) is 19.2 Å². The van der Waals surface area contributed by atoms with Crippen LogP contribution in [0.25, 0.3) is 0 Å². The fourth-order valence-corrected chi connectivity index (χ4v) is 2.21. The fraction of sp³-hybridized carbons (Fsp3) is 0.222. The lowest BCUT2D eigenvalue weighted by molar-refractivity contribution is -0.134. The minimum Gasteiger partial charge on any atom is -0.452 e. The lowest BCUT2D eigenvalue weighted by Crippen LogP contribution is -2.34. The van der Waals surface area contributed by atoms with Crippen molar-refractivity contribution in [3.05, 3.63) is 71.0 Å². The fourth-order valence-electron chi connectivity index (χ4n) is 2.21. The summed E-state index contributed by atoms with van der Waals surface area (Å²) in [4.78, 5) is 25.3. The van der Waals surface area contributed by atoms with Crippen LogP contribution in [0.3, 0.4) is 0 Å². The van der Waals surface area contributed by atoms with Gasteiger partial charge in [-0.05, 0) is 36.8 Å². The molecule has 0 unspecified atom stereocenters. The van der Waals surface area contributed by atoms with Gasteiger partial charge in [0.25, 0.3) is 5.91 Å². The molecule has 4 nitrogen and oxygen atoms in total. The molecule has 0 N–H and O–H groups in total. The van der Waals surface area contributed by atoms with E-state index in [-0.39, 0.29) is 12.1 Å². The van der Waals surface area contributed by atoms with E-state index in [9.17, 15) is 22.8 Å². The molecule has 0 atom stereocenters. The molecule has 0 heterocycles. The molecule has 1 amide bonds. The lowest BCUT2D eigenvalue weighted by Gasteiger charge is -2.21. The van der Waals surface area contributed by atoms with E-state index >= 15 is 0 Å². The molecule has 25 heavy (non-hydrogen) atoms. The van der Waals surface area contributed by atoms with E-state index in [1.54, 1.807) is 13.0 Å². The highest BCUT2D eigenvalue weighted by Crippen LogP contribution is 2.10. The number of nitrogens with zero attached hydrogens (tertiary/aromatic N) is 1. The Bertz CT molecular complexity index is 760. The van der Waals surface area contributed by atoms with Gasteiger partial charge in [-0.2, -0.15) is 0 Å². The topological polar surface area (TPSA) is 46.6 Å². The Morgan fingerprint density at radius 1 is 1.00 bits per heavy atom. The minimum absolute atomic E-state index is 0.152. The van der Waals surface area contributed by atoms with Crippen molar-refractivity contribution in [2.24, 2.45) is 0 Å². The second kappa shape index (κ2) is 8.32. The summed E-state index contributed by atoms with van der Waals surface area (Å²) < 4.78 is 44.2. The van der Waals surface area contributed by atoms with Gasteiger partial charge in [-0.25, -0.2) is 18.0 Å². The maximum Gasteiger partial charge on any atom is 0.338 e. The van der Waals surface area contributed by atoms with Crippen molar-refractivity contribution >= 4 is 11.9 Å². The molecule has 0 spiro atoms. The molecule has 0 radical (unpaired) electrons. The molecular weight excluding hydrogens is 335 g/mol. The highest BCUT2D eigenvalue weighted by Gasteiger charge is 2.17. The predicted molar refractivity (Wildman–Crippen MR) is 84.1 cm³/mol. The number of benzene rings is 2. The number of amides is 1. The summed E-state index contributed by atoms with van der Waals surface area (Å²) in [6.45, 7) is 1.61. The molecule has 0 saturated heterocycles. The molecule has 2 aromatic carbocycles. The van der Waals surface area contributed by atoms with Crippen LogP contribution in [-0.4, -0.2) is 29.9 Å². The Hall–Kier alpha value is -2.83. The van der Waals surface area contributed by atoms with Crippen molar-refractivity contribution in [1.82, 2.24) is 4.90 Å². The number of hydrogen-bond donors (Lipinski definition) is 0. The maximum atomic E-state index is 13.2. The van der Waals surface area contributed by atoms with Gasteiger partial charge >= 0.3 is 5.97 Å². The van der Waals surface area contributed by atoms with E-state index in [0.29, 0.717) is 18.2 Å². The van der Waals surface area contributed by atoms with Crippen LogP contribution in [0.15, 0.2) is 42.5 Å². The van der Waals surface area contributed by atoms with Gasteiger partial charge < -0.3 is 9.64 Å². The molecule has 0 aliphatic carbocycles. The Morgan fingerprint density at radius 2 is 1.68 bits per heavy atom. The van der Waals surface area contributed by atoms with Crippen LogP contribution in [-0.2, 0) is 16.1 Å². The number of rotatable bonds is 6. The first kappa shape index (κ1) is 18.5. The average molecular weight is 351 g/mol. The van der Waals surface area contributed by atoms with Crippen LogP contribution in [0, 0.1) is 17.5 Å². The third kappa shape index (κ3) is 5.34. The van der Waals surface area contributed by atoms with E-state index in [4.69, 9.17) is 4.74 Å². The molecule has 7 heteroatoms. The van der Waals surface area contributed by atoms with Crippen LogP contribution < -0.4 is 0 Å². The van der Waals surface area contributed by atoms with Crippen LogP contribution in [0.1, 0.15) is 22.8 Å². The molecule has 0 bridgehead atoms. The van der Waals surface area contributed by atoms with Gasteiger partial charge in [0.05, 0.1) is 5.56 Å². The Labute approximate surface area is 142 Å². The highest BCUT2D eigenvalue weighted by molar-refractivity contribution is 5.91. The first-order chi connectivity index (χ1) is 11.9. The number of carbonyl (C=O) groups is 2. The van der Waals surface area contributed by atoms with Gasteiger partial charge in [0.1, 0.15) is 17.5 Å². The van der Waals surface area contributed by atoms with Crippen molar-refractivity contribution in [3.63, 3.8) is 0 Å². The molecule has 0 aromatic heterocycles. The van der Waals surface area contributed by atoms with E-state index in [1.165, 1.54) is 23.1 Å². The van der Waals surface area contributed by atoms with Crippen LogP contribution in [0.5, 0.6) is 0 Å². The largest absolute Gasteiger partial charge is 0.452 e. The van der Waals surface area contributed by atoms with Crippen molar-refractivity contribution in [1.29, 1.82) is 0 Å². The van der Waals surface area contributed by atoms with Crippen molar-refractivity contribution < 1.29 is 27.5 Å². The molecule has 0 aliphatic heterocycles. The summed E-state index contributed by atoms with van der Waals surface area (Å²) in [5.41, 5.74) is 0.271. The summed E-state index contributed by atoms with van der Waals surface area (Å²) in [6, 6.07) is 8.06. The maximum absolute atomic E-state index is 13.2. The van der Waals surface area contributed by atoms with E-state index in [2.05, 4.69) is 0 Å². The van der Waals surface area contributed by atoms with E-state index < -0.39 is 35.9 Å². The minimum atomic E-state index is -1.01. The van der Waals surface area contributed by atoms with E-state index in [0.717, 1.165) is 12.1 Å². The van der Waals surface area contributed by atoms with Crippen LogP contribution in [0.2, 0.25) is 0 Å². The van der Waals surface area contributed by atoms with Crippen LogP contribution >= 0.6 is 0 Å².